The third-order valence-electron chi connectivity index (χ3n) is 8.50. The van der Waals surface area contributed by atoms with E-state index in [0.29, 0.717) is 54.3 Å². The first-order valence-corrected chi connectivity index (χ1v) is 17.4. The molecule has 9 nitrogen and oxygen atoms in total. The van der Waals surface area contributed by atoms with Gasteiger partial charge >= 0.3 is 0 Å². The number of hydrogen-bond donors (Lipinski definition) is 0. The highest BCUT2D eigenvalue weighted by molar-refractivity contribution is 8.18. The second-order valence-corrected chi connectivity index (χ2v) is 13.7. The Balaban J connectivity index is 1.27. The normalized spacial score (nSPS) is 17.7. The number of hydrogen-bond acceptors (Lipinski definition) is 10. The fourth-order valence-corrected chi connectivity index (χ4v) is 8.08. The Labute approximate surface area is 306 Å². The summed E-state index contributed by atoms with van der Waals surface area (Å²) in [6.45, 7) is 0. The molecule has 2 heterocycles. The maximum absolute atomic E-state index is 14.0. The SMILES string of the molecule is N#Cc1ccc(N(C2=CCC(C#N)C=C2)c2ccc(C3=C([O-])/C(=C4\C=CC(=[N+](c5ccc(C#N)cc5)c5ccc(C#N)cc5)S4)C(=O)C3=O)s2)cc1. The first-order valence-electron chi connectivity index (χ1n) is 15.8. The fourth-order valence-electron chi connectivity index (χ4n) is 5.90. The maximum atomic E-state index is 14.0. The Kier molecular flexibility index (Phi) is 9.06. The molecule has 0 saturated heterocycles. The monoisotopic (exact) mass is 710 g/mol. The number of nitrogens with zero attached hydrogens (tertiary/aromatic N) is 6. The van der Waals surface area contributed by atoms with Gasteiger partial charge in [0.05, 0.1) is 46.9 Å². The lowest BCUT2D eigenvalue weighted by molar-refractivity contribution is -0.294. The molecule has 0 saturated carbocycles. The molecule has 0 bridgehead atoms. The van der Waals surface area contributed by atoms with Gasteiger partial charge in [-0.05, 0) is 91.0 Å². The highest BCUT2D eigenvalue weighted by atomic mass is 32.2. The Morgan fingerprint density at radius 3 is 1.83 bits per heavy atom. The third-order valence-corrected chi connectivity index (χ3v) is 10.7. The topological polar surface area (TPSA) is 159 Å². The summed E-state index contributed by atoms with van der Waals surface area (Å²) < 4.78 is 1.88. The van der Waals surface area contributed by atoms with Crippen molar-refractivity contribution in [2.75, 3.05) is 4.90 Å². The molecule has 0 N–H and O–H groups in total. The van der Waals surface area contributed by atoms with Gasteiger partial charge in [-0.15, -0.1) is 15.9 Å². The van der Waals surface area contributed by atoms with Crippen LogP contribution >= 0.6 is 23.1 Å². The molecule has 52 heavy (non-hydrogen) atoms. The van der Waals surface area contributed by atoms with Crippen molar-refractivity contribution in [1.29, 1.82) is 21.0 Å². The lowest BCUT2D eigenvalue weighted by Gasteiger charge is -2.26. The van der Waals surface area contributed by atoms with Gasteiger partial charge in [0.25, 0.3) is 5.04 Å². The number of allylic oxidation sites excluding steroid dienone is 6. The summed E-state index contributed by atoms with van der Waals surface area (Å²) in [5.74, 6) is -2.67. The van der Waals surface area contributed by atoms with Crippen molar-refractivity contribution in [3.05, 3.63) is 159 Å². The van der Waals surface area contributed by atoms with E-state index in [0.717, 1.165) is 11.4 Å². The average Bonchev–Trinajstić information content (AvgIpc) is 3.91. The summed E-state index contributed by atoms with van der Waals surface area (Å²) in [6.07, 6.45) is 9.51. The minimum atomic E-state index is -0.879. The van der Waals surface area contributed by atoms with Crippen molar-refractivity contribution in [3.63, 3.8) is 0 Å². The Hall–Kier alpha value is -7.02. The molecule has 3 aromatic carbocycles. The summed E-state index contributed by atoms with van der Waals surface area (Å²) in [7, 11) is 0. The van der Waals surface area contributed by atoms with Crippen LogP contribution < -0.4 is 14.6 Å². The lowest BCUT2D eigenvalue weighted by atomic mass is 10.0. The zero-order valence-corrected chi connectivity index (χ0v) is 28.6. The maximum Gasteiger partial charge on any atom is 0.251 e. The number of carbonyl (C=O) groups excluding carboxylic acids is 2. The van der Waals surface area contributed by atoms with Gasteiger partial charge in [-0.1, -0.05) is 17.9 Å². The van der Waals surface area contributed by atoms with Crippen molar-refractivity contribution >= 4 is 67.3 Å². The van der Waals surface area contributed by atoms with Gasteiger partial charge in [-0.2, -0.15) is 21.0 Å². The van der Waals surface area contributed by atoms with Crippen molar-refractivity contribution in [3.8, 4) is 24.3 Å². The number of anilines is 2. The van der Waals surface area contributed by atoms with Crippen LogP contribution in [-0.4, -0.2) is 16.6 Å². The van der Waals surface area contributed by atoms with Crippen LogP contribution in [0.5, 0.6) is 0 Å². The molecule has 1 aliphatic heterocycles. The fraction of sp³-hybridized carbons (Fsp3) is 0.0488. The van der Waals surface area contributed by atoms with Gasteiger partial charge in [0.15, 0.2) is 0 Å². The van der Waals surface area contributed by atoms with E-state index in [9.17, 15) is 35.7 Å². The highest BCUT2D eigenvalue weighted by Gasteiger charge is 2.37. The van der Waals surface area contributed by atoms with Crippen LogP contribution in [0.25, 0.3) is 5.57 Å². The summed E-state index contributed by atoms with van der Waals surface area (Å²) in [5, 5.41) is 52.7. The van der Waals surface area contributed by atoms with Gasteiger partial charge in [0.2, 0.25) is 22.9 Å². The van der Waals surface area contributed by atoms with Crippen LogP contribution in [0.3, 0.4) is 0 Å². The standard InChI is InChI=1S/C41H22N6O3S2/c42-21-25-1-9-29(10-2-25)46(30-11-3-26(22-43)4-12-30)35-19-17-33(51-35)37-39(48)38(41(50)40(37)49)34-18-20-36(52-34)47(31-13-5-27(23-44)6-14-31)32-15-7-28(24-45)8-16-32/h1-7,9-20,28H,8H2. The zero-order chi connectivity index (χ0) is 36.4. The van der Waals surface area contributed by atoms with Crippen LogP contribution in [-0.2, 0) is 9.59 Å². The summed E-state index contributed by atoms with van der Waals surface area (Å²) in [6, 6.07) is 32.8. The molecule has 1 atom stereocenters. The summed E-state index contributed by atoms with van der Waals surface area (Å²) in [5.41, 5.74) is 3.98. The molecular weight excluding hydrogens is 689 g/mol. The Morgan fingerprint density at radius 1 is 0.712 bits per heavy atom. The highest BCUT2D eigenvalue weighted by Crippen LogP contribution is 2.44. The Bertz CT molecular complexity index is 2480. The van der Waals surface area contributed by atoms with Gasteiger partial charge in [-0.25, -0.2) is 0 Å². The first kappa shape index (κ1) is 33.5. The molecule has 0 fully saturated rings. The molecule has 11 heteroatoms. The van der Waals surface area contributed by atoms with E-state index in [1.54, 1.807) is 97.1 Å². The molecule has 1 unspecified atom stereocenters. The molecule has 3 aliphatic rings. The summed E-state index contributed by atoms with van der Waals surface area (Å²) >= 11 is 2.36. The van der Waals surface area contributed by atoms with Crippen LogP contribution in [0.4, 0.5) is 22.1 Å². The largest absolute Gasteiger partial charge is 0.871 e. The Morgan fingerprint density at radius 2 is 1.29 bits per heavy atom. The van der Waals surface area contributed by atoms with E-state index in [1.165, 1.54) is 23.1 Å². The van der Waals surface area contributed by atoms with E-state index in [1.807, 2.05) is 27.7 Å². The number of thioether (sulfide) groups is 1. The number of nitriles is 4. The lowest BCUT2D eigenvalue weighted by Crippen LogP contribution is -2.16. The molecule has 0 radical (unpaired) electrons. The molecule has 4 aromatic rings. The minimum absolute atomic E-state index is 0.195. The van der Waals surface area contributed by atoms with Crippen LogP contribution in [0.2, 0.25) is 0 Å². The number of rotatable bonds is 6. The second-order valence-electron chi connectivity index (χ2n) is 11.6. The molecule has 0 spiro atoms. The molecule has 0 amide bonds. The van der Waals surface area contributed by atoms with Crippen LogP contribution in [0.15, 0.2) is 137 Å². The van der Waals surface area contributed by atoms with Crippen molar-refractivity contribution in [2.24, 2.45) is 5.92 Å². The molecule has 246 valence electrons. The number of thiophene rings is 1. The second kappa shape index (κ2) is 14.1. The molecular formula is C41H22N6O3S2. The smallest absolute Gasteiger partial charge is 0.251 e. The van der Waals surface area contributed by atoms with Crippen molar-refractivity contribution in [1.82, 2.24) is 4.58 Å². The summed E-state index contributed by atoms with van der Waals surface area (Å²) in [4.78, 5) is 29.6. The van der Waals surface area contributed by atoms with E-state index in [2.05, 4.69) is 24.3 Å². The first-order chi connectivity index (χ1) is 25.3. The zero-order valence-electron chi connectivity index (χ0n) is 27.0. The predicted octanol–water partition coefficient (Wildman–Crippen LogP) is 7.20. The van der Waals surface area contributed by atoms with E-state index in [4.69, 9.17) is 0 Å². The van der Waals surface area contributed by atoms with E-state index >= 15 is 0 Å². The molecule has 2 aliphatic carbocycles. The van der Waals surface area contributed by atoms with Crippen LogP contribution in [0, 0.1) is 51.2 Å². The van der Waals surface area contributed by atoms with Crippen molar-refractivity contribution in [2.45, 2.75) is 6.42 Å². The van der Waals surface area contributed by atoms with Crippen LogP contribution in [0.1, 0.15) is 28.0 Å². The third kappa shape index (κ3) is 6.15. The number of ketones is 2. The quantitative estimate of drug-likeness (QED) is 0.115. The van der Waals surface area contributed by atoms with E-state index in [-0.39, 0.29) is 17.1 Å². The van der Waals surface area contributed by atoms with E-state index < -0.39 is 17.3 Å². The number of benzene rings is 3. The van der Waals surface area contributed by atoms with Gasteiger partial charge in [-0.3, -0.25) is 9.59 Å². The van der Waals surface area contributed by atoms with Gasteiger partial charge in [0.1, 0.15) is 5.00 Å². The van der Waals surface area contributed by atoms with Gasteiger partial charge in [0, 0.05) is 62.7 Å². The number of carbonyl (C=O) groups is 2. The molecule has 7 rings (SSSR count). The van der Waals surface area contributed by atoms with Gasteiger partial charge < -0.3 is 10.0 Å². The average molecular weight is 711 g/mol. The predicted molar refractivity (Wildman–Crippen MR) is 198 cm³/mol. The minimum Gasteiger partial charge on any atom is -0.871 e. The molecule has 1 aromatic heterocycles. The number of Topliss-reactive ketones (excluding diaryl/α,β-unsaturated/α-hetero) is 2. The van der Waals surface area contributed by atoms with Crippen molar-refractivity contribution < 1.29 is 14.7 Å².